The number of carbonyl (C=O) groups is 3. The Morgan fingerprint density at radius 3 is 0.810 bits per heavy atom. The first-order chi connectivity index (χ1) is 39.0. The molecule has 0 saturated carbocycles. The molecule has 6 nitrogen and oxygen atoms in total. The van der Waals surface area contributed by atoms with E-state index in [4.69, 9.17) is 14.2 Å². The molecule has 6 heteroatoms. The molecule has 0 aliphatic heterocycles. The Hall–Kier alpha value is -3.93. The zero-order valence-electron chi connectivity index (χ0n) is 51.9. The molecule has 0 rings (SSSR count). The fourth-order valence-corrected chi connectivity index (χ4v) is 9.29. The average Bonchev–Trinajstić information content (AvgIpc) is 3.45. The molecule has 0 fully saturated rings. The minimum Gasteiger partial charge on any atom is -0.462 e. The smallest absolute Gasteiger partial charge is 0.306 e. The molecule has 0 heterocycles. The van der Waals surface area contributed by atoms with E-state index in [-0.39, 0.29) is 37.5 Å². The Kier molecular flexibility index (Phi) is 63.3. The summed E-state index contributed by atoms with van der Waals surface area (Å²) in [6.07, 6.45) is 91.8. The first-order valence-electron chi connectivity index (χ1n) is 33.4. The minimum atomic E-state index is -0.806. The molecular weight excluding hydrogens is 973 g/mol. The van der Waals surface area contributed by atoms with E-state index in [1.54, 1.807) is 0 Å². The van der Waals surface area contributed by atoms with Crippen molar-refractivity contribution in [2.24, 2.45) is 0 Å². The first kappa shape index (κ1) is 75.1. The molecule has 0 saturated heterocycles. The minimum absolute atomic E-state index is 0.0998. The standard InChI is InChI=1S/C73H124O6/c1-4-7-10-13-15-17-19-21-23-25-27-29-31-32-33-34-35-36-37-38-39-40-42-43-45-47-49-51-53-55-57-60-63-66-72(75)78-69-70(68-77-71(74)65-62-59-12-9-6-3)79-73(76)67-64-61-58-56-54-52-50-48-46-44-41-30-28-26-24-22-20-18-16-14-11-8-5-2/h8,11,16,18-19,21-22,24-25,27-28,30,44,46,50,52,56,58,70H,4-7,9-10,12-15,17,20,23,26,29,31-43,45,47-49,51,53-55,57,59-69H2,1-3H3/b11-8-,18-16-,21-19-,24-22-,27-25-,30-28-,46-44-,52-50-,58-56-. The number of ether oxygens (including phenoxy) is 3. The van der Waals surface area contributed by atoms with Gasteiger partial charge in [-0.2, -0.15) is 0 Å². The third-order valence-corrected chi connectivity index (χ3v) is 14.3. The Morgan fingerprint density at radius 2 is 0.506 bits per heavy atom. The van der Waals surface area contributed by atoms with Gasteiger partial charge in [-0.05, 0) is 103 Å². The predicted molar refractivity (Wildman–Crippen MR) is 343 cm³/mol. The highest BCUT2D eigenvalue weighted by molar-refractivity contribution is 5.71. The summed E-state index contributed by atoms with van der Waals surface area (Å²) in [5, 5.41) is 0. The van der Waals surface area contributed by atoms with Crippen LogP contribution in [0.4, 0.5) is 0 Å². The molecule has 452 valence electrons. The van der Waals surface area contributed by atoms with Crippen LogP contribution in [0.5, 0.6) is 0 Å². The fraction of sp³-hybridized carbons (Fsp3) is 0.712. The lowest BCUT2D eigenvalue weighted by molar-refractivity contribution is -0.167. The van der Waals surface area contributed by atoms with Gasteiger partial charge < -0.3 is 14.2 Å². The second-order valence-electron chi connectivity index (χ2n) is 22.0. The maximum atomic E-state index is 12.8. The zero-order valence-corrected chi connectivity index (χ0v) is 51.9. The number of unbranched alkanes of at least 4 members (excludes halogenated alkanes) is 31. The van der Waals surface area contributed by atoms with Crippen molar-refractivity contribution in [3.63, 3.8) is 0 Å². The molecule has 0 aromatic carbocycles. The molecule has 79 heavy (non-hydrogen) atoms. The summed E-state index contributed by atoms with van der Waals surface area (Å²) in [5.74, 6) is -0.968. The molecular formula is C73H124O6. The van der Waals surface area contributed by atoms with Crippen molar-refractivity contribution in [3.05, 3.63) is 109 Å². The van der Waals surface area contributed by atoms with Gasteiger partial charge in [0.15, 0.2) is 6.10 Å². The van der Waals surface area contributed by atoms with Crippen molar-refractivity contribution in [1.29, 1.82) is 0 Å². The molecule has 0 aliphatic rings. The number of allylic oxidation sites excluding steroid dienone is 18. The zero-order chi connectivity index (χ0) is 57.1. The number of hydrogen-bond donors (Lipinski definition) is 0. The first-order valence-corrected chi connectivity index (χ1v) is 33.4. The van der Waals surface area contributed by atoms with Crippen LogP contribution in [0, 0.1) is 0 Å². The van der Waals surface area contributed by atoms with Gasteiger partial charge in [-0.15, -0.1) is 0 Å². The van der Waals surface area contributed by atoms with Gasteiger partial charge in [0, 0.05) is 19.3 Å². The summed E-state index contributed by atoms with van der Waals surface area (Å²) in [7, 11) is 0. The Morgan fingerprint density at radius 1 is 0.266 bits per heavy atom. The molecule has 0 radical (unpaired) electrons. The molecule has 1 unspecified atom stereocenters. The van der Waals surface area contributed by atoms with Crippen molar-refractivity contribution in [1.82, 2.24) is 0 Å². The molecule has 0 aromatic rings. The van der Waals surface area contributed by atoms with Crippen LogP contribution in [0.25, 0.3) is 0 Å². The van der Waals surface area contributed by atoms with E-state index < -0.39 is 6.10 Å². The van der Waals surface area contributed by atoms with Crippen LogP contribution in [-0.4, -0.2) is 37.2 Å². The highest BCUT2D eigenvalue weighted by Crippen LogP contribution is 2.17. The van der Waals surface area contributed by atoms with Gasteiger partial charge in [-0.25, -0.2) is 0 Å². The van der Waals surface area contributed by atoms with E-state index in [9.17, 15) is 14.4 Å². The Bertz CT molecular complexity index is 1590. The molecule has 0 bridgehead atoms. The van der Waals surface area contributed by atoms with Crippen LogP contribution >= 0.6 is 0 Å². The quantitative estimate of drug-likeness (QED) is 0.0261. The van der Waals surface area contributed by atoms with Crippen molar-refractivity contribution >= 4 is 17.9 Å². The van der Waals surface area contributed by atoms with Crippen LogP contribution in [0.3, 0.4) is 0 Å². The van der Waals surface area contributed by atoms with E-state index >= 15 is 0 Å². The summed E-state index contributed by atoms with van der Waals surface area (Å²) in [6.45, 7) is 6.40. The summed E-state index contributed by atoms with van der Waals surface area (Å²) in [6, 6.07) is 0. The van der Waals surface area contributed by atoms with Gasteiger partial charge >= 0.3 is 17.9 Å². The normalized spacial score (nSPS) is 12.8. The van der Waals surface area contributed by atoms with E-state index in [0.29, 0.717) is 19.3 Å². The number of hydrogen-bond acceptors (Lipinski definition) is 6. The Balaban J connectivity index is 4.03. The monoisotopic (exact) mass is 1100 g/mol. The van der Waals surface area contributed by atoms with E-state index in [0.717, 1.165) is 109 Å². The van der Waals surface area contributed by atoms with Gasteiger partial charge in [0.25, 0.3) is 0 Å². The van der Waals surface area contributed by atoms with Crippen LogP contribution in [-0.2, 0) is 28.6 Å². The topological polar surface area (TPSA) is 78.9 Å². The van der Waals surface area contributed by atoms with Crippen molar-refractivity contribution in [3.8, 4) is 0 Å². The van der Waals surface area contributed by atoms with E-state index in [1.807, 2.05) is 0 Å². The lowest BCUT2D eigenvalue weighted by Crippen LogP contribution is -2.30. The van der Waals surface area contributed by atoms with Crippen molar-refractivity contribution < 1.29 is 28.6 Å². The van der Waals surface area contributed by atoms with Gasteiger partial charge in [-0.1, -0.05) is 304 Å². The Labute approximate surface area is 489 Å². The molecule has 1 atom stereocenters. The lowest BCUT2D eigenvalue weighted by Gasteiger charge is -2.18. The van der Waals surface area contributed by atoms with E-state index in [1.165, 1.54) is 161 Å². The fourth-order valence-electron chi connectivity index (χ4n) is 9.29. The number of esters is 3. The summed E-state index contributed by atoms with van der Waals surface area (Å²) in [4.78, 5) is 37.9. The van der Waals surface area contributed by atoms with Gasteiger partial charge in [0.1, 0.15) is 13.2 Å². The van der Waals surface area contributed by atoms with Crippen molar-refractivity contribution in [2.45, 2.75) is 322 Å². The highest BCUT2D eigenvalue weighted by atomic mass is 16.6. The maximum absolute atomic E-state index is 12.8. The third-order valence-electron chi connectivity index (χ3n) is 14.3. The van der Waals surface area contributed by atoms with E-state index in [2.05, 4.69) is 130 Å². The lowest BCUT2D eigenvalue weighted by atomic mass is 10.0. The number of rotatable bonds is 60. The van der Waals surface area contributed by atoms with Crippen LogP contribution < -0.4 is 0 Å². The highest BCUT2D eigenvalue weighted by Gasteiger charge is 2.19. The number of carbonyl (C=O) groups excluding carboxylic acids is 3. The van der Waals surface area contributed by atoms with Gasteiger partial charge in [0.05, 0.1) is 0 Å². The van der Waals surface area contributed by atoms with Gasteiger partial charge in [-0.3, -0.25) is 14.4 Å². The maximum Gasteiger partial charge on any atom is 0.306 e. The molecule has 0 amide bonds. The summed E-state index contributed by atoms with van der Waals surface area (Å²) < 4.78 is 16.7. The second kappa shape index (κ2) is 66.6. The second-order valence-corrected chi connectivity index (χ2v) is 22.0. The predicted octanol–water partition coefficient (Wildman–Crippen LogP) is 23.0. The molecule has 0 spiro atoms. The SMILES string of the molecule is CC/C=C\C/C=C\C/C=C\C/C=C\C/C=C\C/C=C\C/C=C\CCCC(=O)OC(COC(=O)CCCCCCC)COC(=O)CCCCCCCCCCCCCCCCCCCCCCC/C=C\C/C=C\CCCCCCC. The summed E-state index contributed by atoms with van der Waals surface area (Å²) >= 11 is 0. The summed E-state index contributed by atoms with van der Waals surface area (Å²) in [5.41, 5.74) is 0. The third kappa shape index (κ3) is 64.8. The molecule has 0 N–H and O–H groups in total. The molecule has 0 aromatic heterocycles. The van der Waals surface area contributed by atoms with Crippen molar-refractivity contribution in [2.75, 3.05) is 13.2 Å². The average molecular weight is 1100 g/mol. The van der Waals surface area contributed by atoms with Crippen LogP contribution in [0.15, 0.2) is 109 Å². The largest absolute Gasteiger partial charge is 0.462 e. The molecule has 0 aliphatic carbocycles. The van der Waals surface area contributed by atoms with Crippen LogP contribution in [0.2, 0.25) is 0 Å². The van der Waals surface area contributed by atoms with Gasteiger partial charge in [0.2, 0.25) is 0 Å². The van der Waals surface area contributed by atoms with Crippen LogP contribution in [0.1, 0.15) is 316 Å².